The molecular formula is C27H22F2N4O2S. The Kier molecular flexibility index (Phi) is 6.65. The molecule has 0 aliphatic carbocycles. The average Bonchev–Trinajstić information content (AvgIpc) is 3.45. The van der Waals surface area contributed by atoms with Crippen LogP contribution in [0.3, 0.4) is 0 Å². The first-order valence-corrected chi connectivity index (χ1v) is 12.3. The summed E-state index contributed by atoms with van der Waals surface area (Å²) in [5, 5.41) is 8.90. The molecule has 36 heavy (non-hydrogen) atoms. The molecule has 0 saturated carbocycles. The molecular weight excluding hydrogens is 482 g/mol. The highest BCUT2D eigenvalue weighted by molar-refractivity contribution is 8.15. The fraction of sp³-hybridized carbons (Fsp3) is 0.185. The molecule has 0 spiro atoms. The largest absolute Gasteiger partial charge is 0.326 e. The van der Waals surface area contributed by atoms with Crippen molar-refractivity contribution in [3.8, 4) is 0 Å². The number of hydrazone groups is 1. The van der Waals surface area contributed by atoms with E-state index < -0.39 is 17.0 Å². The Morgan fingerprint density at radius 2 is 1.64 bits per heavy atom. The molecule has 1 N–H and O–H groups in total. The van der Waals surface area contributed by atoms with E-state index in [9.17, 15) is 18.4 Å². The molecule has 182 valence electrons. The minimum absolute atomic E-state index is 0.0779. The first-order valence-electron chi connectivity index (χ1n) is 11.4. The van der Waals surface area contributed by atoms with Crippen LogP contribution in [0.4, 0.5) is 14.5 Å². The van der Waals surface area contributed by atoms with Crippen molar-refractivity contribution in [3.63, 3.8) is 0 Å². The zero-order chi connectivity index (χ0) is 25.2. The highest BCUT2D eigenvalue weighted by Gasteiger charge is 2.39. The smallest absolute Gasteiger partial charge is 0.262 e. The second-order valence-corrected chi connectivity index (χ2v) is 9.80. The van der Waals surface area contributed by atoms with Gasteiger partial charge in [-0.2, -0.15) is 10.1 Å². The van der Waals surface area contributed by atoms with Crippen molar-refractivity contribution in [1.29, 1.82) is 0 Å². The summed E-state index contributed by atoms with van der Waals surface area (Å²) < 4.78 is 26.6. The molecule has 0 unspecified atom stereocenters. The first-order chi connectivity index (χ1) is 17.4. The molecule has 2 atom stereocenters. The van der Waals surface area contributed by atoms with Crippen molar-refractivity contribution in [1.82, 2.24) is 5.01 Å². The Bertz CT molecular complexity index is 1360. The van der Waals surface area contributed by atoms with Gasteiger partial charge in [-0.05, 0) is 54.4 Å². The number of hydrogen-bond donors (Lipinski definition) is 1. The molecule has 0 radical (unpaired) electrons. The van der Waals surface area contributed by atoms with E-state index in [1.54, 1.807) is 17.1 Å². The Labute approximate surface area is 211 Å². The molecule has 9 heteroatoms. The number of hydrogen-bond acceptors (Lipinski definition) is 5. The van der Waals surface area contributed by atoms with Gasteiger partial charge in [0.2, 0.25) is 5.91 Å². The Morgan fingerprint density at radius 3 is 2.31 bits per heavy atom. The zero-order valence-corrected chi connectivity index (χ0v) is 20.1. The maximum atomic E-state index is 13.5. The number of amidine groups is 1. The Hall–Kier alpha value is -3.85. The van der Waals surface area contributed by atoms with Gasteiger partial charge in [-0.3, -0.25) is 9.59 Å². The zero-order valence-electron chi connectivity index (χ0n) is 19.3. The van der Waals surface area contributed by atoms with Crippen molar-refractivity contribution in [2.75, 3.05) is 5.32 Å². The van der Waals surface area contributed by atoms with Gasteiger partial charge < -0.3 is 5.32 Å². The summed E-state index contributed by atoms with van der Waals surface area (Å²) in [5.74, 6) is -1.50. The average molecular weight is 505 g/mol. The van der Waals surface area contributed by atoms with Gasteiger partial charge >= 0.3 is 0 Å². The fourth-order valence-corrected chi connectivity index (χ4v) is 5.13. The van der Waals surface area contributed by atoms with E-state index in [2.05, 4.69) is 10.3 Å². The number of amides is 2. The van der Waals surface area contributed by atoms with Crippen molar-refractivity contribution in [3.05, 3.63) is 101 Å². The van der Waals surface area contributed by atoms with Crippen LogP contribution in [0.1, 0.15) is 35.6 Å². The van der Waals surface area contributed by atoms with Crippen LogP contribution < -0.4 is 5.32 Å². The second kappa shape index (κ2) is 10.0. The normalized spacial score (nSPS) is 19.3. The van der Waals surface area contributed by atoms with Crippen molar-refractivity contribution in [2.24, 2.45) is 10.1 Å². The van der Waals surface area contributed by atoms with Gasteiger partial charge in [0.1, 0.15) is 16.9 Å². The van der Waals surface area contributed by atoms with Crippen LogP contribution in [0, 0.1) is 18.6 Å². The van der Waals surface area contributed by atoms with Crippen LogP contribution in [0.2, 0.25) is 0 Å². The summed E-state index contributed by atoms with van der Waals surface area (Å²) in [4.78, 5) is 29.4. The highest BCUT2D eigenvalue weighted by atomic mass is 32.2. The van der Waals surface area contributed by atoms with Crippen molar-refractivity contribution >= 4 is 40.1 Å². The van der Waals surface area contributed by atoms with Crippen molar-refractivity contribution < 1.29 is 18.4 Å². The van der Waals surface area contributed by atoms with Crippen LogP contribution in [-0.2, 0) is 9.59 Å². The lowest BCUT2D eigenvalue weighted by atomic mass is 9.98. The second-order valence-electron chi connectivity index (χ2n) is 8.63. The molecule has 0 bridgehead atoms. The van der Waals surface area contributed by atoms with Gasteiger partial charge in [0.05, 0.1) is 11.8 Å². The van der Waals surface area contributed by atoms with Crippen LogP contribution >= 0.6 is 11.8 Å². The number of aliphatic imine (C=N–C) groups is 1. The third-order valence-corrected chi connectivity index (χ3v) is 7.12. The number of rotatable bonds is 5. The summed E-state index contributed by atoms with van der Waals surface area (Å²) in [7, 11) is 0. The molecule has 2 aliphatic heterocycles. The lowest BCUT2D eigenvalue weighted by Gasteiger charge is -2.23. The van der Waals surface area contributed by atoms with Gasteiger partial charge in [0.25, 0.3) is 5.91 Å². The highest BCUT2D eigenvalue weighted by Crippen LogP contribution is 2.38. The van der Waals surface area contributed by atoms with Crippen molar-refractivity contribution in [2.45, 2.75) is 31.1 Å². The first kappa shape index (κ1) is 23.9. The Morgan fingerprint density at radius 1 is 1.00 bits per heavy atom. The fourth-order valence-electron chi connectivity index (χ4n) is 4.07. The summed E-state index contributed by atoms with van der Waals surface area (Å²) >= 11 is 1.20. The molecule has 6 nitrogen and oxygen atoms in total. The number of aryl methyl sites for hydroxylation is 1. The number of nitrogens with zero attached hydrogens (tertiary/aromatic N) is 3. The van der Waals surface area contributed by atoms with E-state index >= 15 is 0 Å². The third kappa shape index (κ3) is 5.21. The molecule has 3 aromatic rings. The summed E-state index contributed by atoms with van der Waals surface area (Å²) in [6, 6.07) is 19.4. The molecule has 3 aromatic carbocycles. The van der Waals surface area contributed by atoms with Gasteiger partial charge in [-0.1, -0.05) is 53.7 Å². The van der Waals surface area contributed by atoms with E-state index in [1.165, 1.54) is 48.2 Å². The number of benzene rings is 3. The molecule has 2 aliphatic rings. The van der Waals surface area contributed by atoms with Gasteiger partial charge in [0, 0.05) is 18.5 Å². The van der Waals surface area contributed by atoms with E-state index in [4.69, 9.17) is 5.10 Å². The lowest BCUT2D eigenvalue weighted by molar-refractivity contribution is -0.121. The number of thioether (sulfide) groups is 1. The number of anilines is 1. The number of halogens is 2. The van der Waals surface area contributed by atoms with Crippen LogP contribution in [0.25, 0.3) is 0 Å². The minimum atomic E-state index is -0.691. The number of nitrogens with one attached hydrogen (secondary N) is 1. The molecule has 2 heterocycles. The predicted molar refractivity (Wildman–Crippen MR) is 137 cm³/mol. The van der Waals surface area contributed by atoms with Gasteiger partial charge in [0.15, 0.2) is 5.17 Å². The number of carbonyl (C=O) groups is 2. The maximum Gasteiger partial charge on any atom is 0.262 e. The monoisotopic (exact) mass is 504 g/mol. The SMILES string of the molecule is Cc1ccc([C@H]2CC(c3ccc(F)cc3)=NN2C2=NC(=O)[C@@H](CC(=O)Nc3ccc(F)cc3)S2)cc1. The van der Waals surface area contributed by atoms with E-state index in [1.807, 2.05) is 31.2 Å². The maximum absolute atomic E-state index is 13.5. The van der Waals surface area contributed by atoms with Crippen LogP contribution in [-0.4, -0.2) is 33.0 Å². The molecule has 5 rings (SSSR count). The molecule has 0 fully saturated rings. The van der Waals surface area contributed by atoms with E-state index in [-0.39, 0.29) is 24.2 Å². The third-order valence-electron chi connectivity index (χ3n) is 5.97. The standard InChI is InChI=1S/C27H22F2N4O2S/c1-16-2-4-18(5-3-16)23-14-22(17-6-8-19(28)9-7-17)32-33(23)27-31-26(35)24(36-27)15-25(34)30-21-12-10-20(29)11-13-21/h2-13,23-24H,14-15H2,1H3,(H,30,34)/t23-,24-/m1/s1. The predicted octanol–water partition coefficient (Wildman–Crippen LogP) is 5.45. The molecule has 0 saturated heterocycles. The number of carbonyl (C=O) groups excluding carboxylic acids is 2. The van der Waals surface area contributed by atoms with Gasteiger partial charge in [-0.15, -0.1) is 0 Å². The van der Waals surface area contributed by atoms with Crippen LogP contribution in [0.15, 0.2) is 82.9 Å². The minimum Gasteiger partial charge on any atom is -0.326 e. The summed E-state index contributed by atoms with van der Waals surface area (Å²) in [6.07, 6.45) is 0.476. The van der Waals surface area contributed by atoms with E-state index in [0.717, 1.165) is 22.4 Å². The van der Waals surface area contributed by atoms with Gasteiger partial charge in [-0.25, -0.2) is 13.8 Å². The quantitative estimate of drug-likeness (QED) is 0.501. The molecule has 2 amide bonds. The topological polar surface area (TPSA) is 74.1 Å². The summed E-state index contributed by atoms with van der Waals surface area (Å²) in [5.41, 5.74) is 4.13. The van der Waals surface area contributed by atoms with E-state index in [0.29, 0.717) is 17.3 Å². The lowest BCUT2D eigenvalue weighted by Crippen LogP contribution is -2.25. The summed E-state index contributed by atoms with van der Waals surface area (Å²) in [6.45, 7) is 2.01. The van der Waals surface area contributed by atoms with Crippen LogP contribution in [0.5, 0.6) is 0 Å². The molecule has 0 aromatic heterocycles. The Balaban J connectivity index is 1.35.